The first kappa shape index (κ1) is 18.0. The van der Waals surface area contributed by atoms with Crippen molar-refractivity contribution in [2.75, 3.05) is 18.6 Å². The van der Waals surface area contributed by atoms with E-state index in [9.17, 15) is 8.42 Å². The molecule has 1 N–H and O–H groups in total. The highest BCUT2D eigenvalue weighted by molar-refractivity contribution is 9.10. The molecule has 0 bridgehead atoms. The molecule has 0 aliphatic heterocycles. The van der Waals surface area contributed by atoms with E-state index in [2.05, 4.69) is 28.2 Å². The van der Waals surface area contributed by atoms with Gasteiger partial charge in [-0.05, 0) is 43.5 Å². The number of halogens is 2. The minimum Gasteiger partial charge on any atom is -0.310 e. The van der Waals surface area contributed by atoms with Crippen LogP contribution in [0.3, 0.4) is 0 Å². The molecule has 0 saturated heterocycles. The van der Waals surface area contributed by atoms with Crippen LogP contribution in [0.2, 0.25) is 5.02 Å². The molecule has 0 radical (unpaired) electrons. The average Bonchev–Trinajstić information content (AvgIpc) is 2.33. The monoisotopic (exact) mass is 381 g/mol. The lowest BCUT2D eigenvalue weighted by Gasteiger charge is -2.20. The van der Waals surface area contributed by atoms with E-state index in [-0.39, 0.29) is 11.8 Å². The van der Waals surface area contributed by atoms with E-state index < -0.39 is 9.84 Å². The highest BCUT2D eigenvalue weighted by Gasteiger charge is 2.15. The molecule has 0 heterocycles. The van der Waals surface area contributed by atoms with E-state index in [0.717, 1.165) is 29.4 Å². The van der Waals surface area contributed by atoms with Gasteiger partial charge in [-0.2, -0.15) is 0 Å². The van der Waals surface area contributed by atoms with Crippen LogP contribution in [0.15, 0.2) is 22.7 Å². The molecular weight excluding hydrogens is 362 g/mol. The SMILES string of the molecule is CCCNC(CCCS(C)(=O)=O)c1ccc(Br)cc1Cl. The topological polar surface area (TPSA) is 46.2 Å². The van der Waals surface area contributed by atoms with Crippen molar-refractivity contribution >= 4 is 37.4 Å². The van der Waals surface area contributed by atoms with Crippen molar-refractivity contribution in [1.82, 2.24) is 5.32 Å². The quantitative estimate of drug-likeness (QED) is 0.740. The predicted molar refractivity (Wildman–Crippen MR) is 89.1 cm³/mol. The van der Waals surface area contributed by atoms with Gasteiger partial charge >= 0.3 is 0 Å². The van der Waals surface area contributed by atoms with Gasteiger partial charge in [-0.15, -0.1) is 0 Å². The minimum atomic E-state index is -2.91. The van der Waals surface area contributed by atoms with E-state index in [0.29, 0.717) is 11.4 Å². The van der Waals surface area contributed by atoms with E-state index in [4.69, 9.17) is 11.6 Å². The first-order valence-electron chi connectivity index (χ1n) is 6.69. The molecular formula is C14H21BrClNO2S. The molecule has 0 aliphatic carbocycles. The van der Waals surface area contributed by atoms with Crippen molar-refractivity contribution in [1.29, 1.82) is 0 Å². The Morgan fingerprint density at radius 2 is 2.10 bits per heavy atom. The van der Waals surface area contributed by atoms with Crippen LogP contribution in [0.25, 0.3) is 0 Å². The molecule has 1 rings (SSSR count). The van der Waals surface area contributed by atoms with Crippen LogP contribution in [0.5, 0.6) is 0 Å². The number of hydrogen-bond acceptors (Lipinski definition) is 3. The van der Waals surface area contributed by atoms with Crippen LogP contribution in [0.4, 0.5) is 0 Å². The van der Waals surface area contributed by atoms with Crippen molar-refractivity contribution in [2.24, 2.45) is 0 Å². The summed E-state index contributed by atoms with van der Waals surface area (Å²) in [5.41, 5.74) is 1.02. The van der Waals surface area contributed by atoms with Gasteiger partial charge in [-0.1, -0.05) is 40.5 Å². The third kappa shape index (κ3) is 6.57. The molecule has 0 aliphatic rings. The zero-order chi connectivity index (χ0) is 15.2. The van der Waals surface area contributed by atoms with Gasteiger partial charge in [0.1, 0.15) is 9.84 Å². The molecule has 1 atom stereocenters. The van der Waals surface area contributed by atoms with Crippen molar-refractivity contribution in [3.8, 4) is 0 Å². The Balaban J connectivity index is 2.77. The van der Waals surface area contributed by atoms with Crippen LogP contribution in [0.1, 0.15) is 37.8 Å². The van der Waals surface area contributed by atoms with E-state index in [1.165, 1.54) is 6.26 Å². The molecule has 0 aromatic heterocycles. The summed E-state index contributed by atoms with van der Waals surface area (Å²) in [6, 6.07) is 5.91. The summed E-state index contributed by atoms with van der Waals surface area (Å²) in [4.78, 5) is 0. The second kappa shape index (κ2) is 8.37. The van der Waals surface area contributed by atoms with E-state index in [1.807, 2.05) is 18.2 Å². The maximum Gasteiger partial charge on any atom is 0.147 e. The Morgan fingerprint density at radius 3 is 2.65 bits per heavy atom. The van der Waals surface area contributed by atoms with Crippen LogP contribution in [-0.2, 0) is 9.84 Å². The summed E-state index contributed by atoms with van der Waals surface area (Å²) < 4.78 is 23.4. The van der Waals surface area contributed by atoms with Gasteiger partial charge in [0.15, 0.2) is 0 Å². The first-order chi connectivity index (χ1) is 9.33. The first-order valence-corrected chi connectivity index (χ1v) is 9.92. The van der Waals surface area contributed by atoms with Crippen molar-refractivity contribution in [3.05, 3.63) is 33.3 Å². The van der Waals surface area contributed by atoms with Crippen molar-refractivity contribution < 1.29 is 8.42 Å². The second-order valence-electron chi connectivity index (χ2n) is 4.94. The Hall–Kier alpha value is -0.100. The number of sulfone groups is 1. The molecule has 6 heteroatoms. The number of nitrogens with one attached hydrogen (secondary N) is 1. The molecule has 0 fully saturated rings. The van der Waals surface area contributed by atoms with Gasteiger partial charge in [-0.3, -0.25) is 0 Å². The zero-order valence-electron chi connectivity index (χ0n) is 11.8. The summed E-state index contributed by atoms with van der Waals surface area (Å²) in [5, 5.41) is 4.14. The zero-order valence-corrected chi connectivity index (χ0v) is 15.0. The molecule has 0 amide bonds. The van der Waals surface area contributed by atoms with Gasteiger partial charge in [-0.25, -0.2) is 8.42 Å². The molecule has 20 heavy (non-hydrogen) atoms. The summed E-state index contributed by atoms with van der Waals surface area (Å²) in [6.45, 7) is 2.99. The minimum absolute atomic E-state index is 0.0947. The lowest BCUT2D eigenvalue weighted by atomic mass is 10.0. The fourth-order valence-electron chi connectivity index (χ4n) is 2.02. The second-order valence-corrected chi connectivity index (χ2v) is 8.53. The van der Waals surface area contributed by atoms with Crippen LogP contribution < -0.4 is 5.32 Å². The highest BCUT2D eigenvalue weighted by Crippen LogP contribution is 2.29. The van der Waals surface area contributed by atoms with Crippen molar-refractivity contribution in [2.45, 2.75) is 32.2 Å². The van der Waals surface area contributed by atoms with E-state index in [1.54, 1.807) is 0 Å². The number of hydrogen-bond donors (Lipinski definition) is 1. The summed E-state index contributed by atoms with van der Waals surface area (Å²) in [6.07, 6.45) is 3.69. The Morgan fingerprint density at radius 1 is 1.40 bits per heavy atom. The summed E-state index contributed by atoms with van der Waals surface area (Å²) in [5.74, 6) is 0.214. The van der Waals surface area contributed by atoms with E-state index >= 15 is 0 Å². The summed E-state index contributed by atoms with van der Waals surface area (Å²) in [7, 11) is -2.91. The molecule has 1 unspecified atom stereocenters. The third-order valence-corrected chi connectivity index (χ3v) is 4.84. The van der Waals surface area contributed by atoms with Crippen LogP contribution in [0, 0.1) is 0 Å². The van der Waals surface area contributed by atoms with Gasteiger partial charge < -0.3 is 5.32 Å². The van der Waals surface area contributed by atoms with Crippen molar-refractivity contribution in [3.63, 3.8) is 0 Å². The Labute approximate surface area is 135 Å². The fraction of sp³-hybridized carbons (Fsp3) is 0.571. The molecule has 0 saturated carbocycles. The van der Waals surface area contributed by atoms with Gasteiger partial charge in [0.25, 0.3) is 0 Å². The molecule has 1 aromatic rings. The standard InChI is InChI=1S/C14H21BrClNO2S/c1-3-8-17-14(5-4-9-20(2,18)19)12-7-6-11(15)10-13(12)16/h6-7,10,14,17H,3-5,8-9H2,1-2H3. The number of benzene rings is 1. The maximum atomic E-state index is 11.2. The van der Waals surface area contributed by atoms with Crippen LogP contribution in [-0.4, -0.2) is 27.0 Å². The molecule has 0 spiro atoms. The summed E-state index contributed by atoms with van der Waals surface area (Å²) >= 11 is 9.68. The average molecular weight is 383 g/mol. The van der Waals surface area contributed by atoms with Gasteiger partial charge in [0.05, 0.1) is 0 Å². The largest absolute Gasteiger partial charge is 0.310 e. The number of rotatable bonds is 8. The Bertz CT molecular complexity index is 534. The molecule has 3 nitrogen and oxygen atoms in total. The van der Waals surface area contributed by atoms with Crippen LogP contribution >= 0.6 is 27.5 Å². The molecule has 114 valence electrons. The van der Waals surface area contributed by atoms with Gasteiger partial charge in [0, 0.05) is 27.5 Å². The lowest BCUT2D eigenvalue weighted by Crippen LogP contribution is -2.23. The lowest BCUT2D eigenvalue weighted by molar-refractivity contribution is 0.492. The van der Waals surface area contributed by atoms with Gasteiger partial charge in [0.2, 0.25) is 0 Å². The third-order valence-electron chi connectivity index (χ3n) is 2.99. The normalized spacial score (nSPS) is 13.4. The predicted octanol–water partition coefficient (Wildman–Crippen LogP) is 3.97. The smallest absolute Gasteiger partial charge is 0.147 e. The Kier molecular flexibility index (Phi) is 7.51. The fourth-order valence-corrected chi connectivity index (χ4v) is 3.52. The molecule has 1 aromatic carbocycles. The maximum absolute atomic E-state index is 11.2. The highest BCUT2D eigenvalue weighted by atomic mass is 79.9.